The molecule has 19 heavy (non-hydrogen) atoms. The van der Waals surface area contributed by atoms with Crippen molar-refractivity contribution in [1.29, 1.82) is 0 Å². The lowest BCUT2D eigenvalue weighted by molar-refractivity contribution is 0.0624. The molecule has 1 aromatic rings. The molecule has 4 nitrogen and oxygen atoms in total. The molecule has 1 aliphatic rings. The highest BCUT2D eigenvalue weighted by Crippen LogP contribution is 2.20. The Balaban J connectivity index is 2.10. The summed E-state index contributed by atoms with van der Waals surface area (Å²) in [5.41, 5.74) is -0.267. The van der Waals surface area contributed by atoms with Gasteiger partial charge in [-0.1, -0.05) is 0 Å². The second kappa shape index (κ2) is 5.97. The molecule has 2 N–H and O–H groups in total. The predicted molar refractivity (Wildman–Crippen MR) is 67.2 cm³/mol. The van der Waals surface area contributed by atoms with Gasteiger partial charge < -0.3 is 15.4 Å². The van der Waals surface area contributed by atoms with Crippen molar-refractivity contribution < 1.29 is 18.3 Å². The van der Waals surface area contributed by atoms with E-state index in [9.17, 15) is 13.6 Å². The van der Waals surface area contributed by atoms with Crippen LogP contribution in [-0.2, 0) is 4.74 Å². The zero-order chi connectivity index (χ0) is 13.8. The van der Waals surface area contributed by atoms with Gasteiger partial charge in [-0.05, 0) is 25.0 Å². The van der Waals surface area contributed by atoms with Gasteiger partial charge in [-0.2, -0.15) is 0 Å². The molecule has 1 aliphatic heterocycles. The van der Waals surface area contributed by atoms with E-state index in [1.54, 1.807) is 0 Å². The molecule has 1 unspecified atom stereocenters. The number of nitrogens with one attached hydrogen (secondary N) is 2. The molecule has 104 valence electrons. The highest BCUT2D eigenvalue weighted by Gasteiger charge is 2.19. The quantitative estimate of drug-likeness (QED) is 0.882. The minimum atomic E-state index is -0.785. The van der Waals surface area contributed by atoms with Crippen LogP contribution in [0, 0.1) is 11.6 Å². The predicted octanol–water partition coefficient (Wildman–Crippen LogP) is 1.92. The van der Waals surface area contributed by atoms with E-state index in [-0.39, 0.29) is 17.3 Å². The first kappa shape index (κ1) is 13.7. The summed E-state index contributed by atoms with van der Waals surface area (Å²) in [7, 11) is 1.42. The molecule has 1 saturated heterocycles. The standard InChI is InChI=1S/C13H16F2N2O2/c1-16-12-10(14)5-8(6-11(12)15)13(18)17-9-3-2-4-19-7-9/h5-6,9,16H,2-4,7H2,1H3,(H,17,18). The van der Waals surface area contributed by atoms with Crippen LogP contribution in [0.4, 0.5) is 14.5 Å². The van der Waals surface area contributed by atoms with Crippen molar-refractivity contribution in [2.75, 3.05) is 25.6 Å². The Morgan fingerprint density at radius 2 is 2.05 bits per heavy atom. The molecule has 0 aliphatic carbocycles. The van der Waals surface area contributed by atoms with Crippen LogP contribution in [-0.4, -0.2) is 32.2 Å². The largest absolute Gasteiger partial charge is 0.383 e. The van der Waals surface area contributed by atoms with E-state index in [4.69, 9.17) is 4.74 Å². The van der Waals surface area contributed by atoms with E-state index in [0.29, 0.717) is 13.2 Å². The molecule has 1 fully saturated rings. The fourth-order valence-corrected chi connectivity index (χ4v) is 2.07. The number of benzene rings is 1. The number of anilines is 1. The molecule has 1 atom stereocenters. The molecular formula is C13H16F2N2O2. The number of amides is 1. The van der Waals surface area contributed by atoms with E-state index in [1.807, 2.05) is 0 Å². The van der Waals surface area contributed by atoms with E-state index < -0.39 is 17.5 Å². The Hall–Kier alpha value is -1.69. The van der Waals surface area contributed by atoms with Crippen molar-refractivity contribution in [3.05, 3.63) is 29.3 Å². The molecule has 0 bridgehead atoms. The fraction of sp³-hybridized carbons (Fsp3) is 0.462. The number of carbonyl (C=O) groups is 1. The number of rotatable bonds is 3. The van der Waals surface area contributed by atoms with Crippen LogP contribution in [0.5, 0.6) is 0 Å². The van der Waals surface area contributed by atoms with Crippen LogP contribution in [0.1, 0.15) is 23.2 Å². The lowest BCUT2D eigenvalue weighted by Crippen LogP contribution is -2.40. The van der Waals surface area contributed by atoms with Crippen molar-refractivity contribution in [2.24, 2.45) is 0 Å². The topological polar surface area (TPSA) is 50.4 Å². The van der Waals surface area contributed by atoms with Gasteiger partial charge in [0, 0.05) is 19.2 Å². The van der Waals surface area contributed by atoms with Crippen molar-refractivity contribution in [3.63, 3.8) is 0 Å². The molecule has 0 spiro atoms. The monoisotopic (exact) mass is 270 g/mol. The minimum absolute atomic E-state index is 0.0282. The van der Waals surface area contributed by atoms with E-state index in [0.717, 1.165) is 25.0 Å². The first-order chi connectivity index (χ1) is 9.11. The van der Waals surface area contributed by atoms with Gasteiger partial charge in [-0.15, -0.1) is 0 Å². The third-order valence-electron chi connectivity index (χ3n) is 3.05. The zero-order valence-corrected chi connectivity index (χ0v) is 10.6. The lowest BCUT2D eigenvalue weighted by Gasteiger charge is -2.23. The first-order valence-corrected chi connectivity index (χ1v) is 6.17. The van der Waals surface area contributed by atoms with E-state index in [2.05, 4.69) is 10.6 Å². The maximum absolute atomic E-state index is 13.5. The number of halogens is 2. The third-order valence-corrected chi connectivity index (χ3v) is 3.05. The van der Waals surface area contributed by atoms with Crippen LogP contribution in [0.25, 0.3) is 0 Å². The van der Waals surface area contributed by atoms with Gasteiger partial charge >= 0.3 is 0 Å². The molecule has 1 aromatic carbocycles. The second-order valence-electron chi connectivity index (χ2n) is 4.45. The molecular weight excluding hydrogens is 254 g/mol. The average Bonchev–Trinajstić information content (AvgIpc) is 2.39. The highest BCUT2D eigenvalue weighted by atomic mass is 19.1. The van der Waals surface area contributed by atoms with E-state index >= 15 is 0 Å². The lowest BCUT2D eigenvalue weighted by atomic mass is 10.1. The number of ether oxygens (including phenoxy) is 1. The molecule has 1 amide bonds. The van der Waals surface area contributed by atoms with Gasteiger partial charge in [0.1, 0.15) is 17.3 Å². The van der Waals surface area contributed by atoms with Gasteiger partial charge in [0.15, 0.2) is 0 Å². The molecule has 2 rings (SSSR count). The third kappa shape index (κ3) is 3.20. The smallest absolute Gasteiger partial charge is 0.251 e. The average molecular weight is 270 g/mol. The second-order valence-corrected chi connectivity index (χ2v) is 4.45. The maximum Gasteiger partial charge on any atom is 0.251 e. The normalized spacial score (nSPS) is 19.0. The van der Waals surface area contributed by atoms with Gasteiger partial charge in [0.25, 0.3) is 5.91 Å². The Morgan fingerprint density at radius 3 is 2.58 bits per heavy atom. The highest BCUT2D eigenvalue weighted by molar-refractivity contribution is 5.94. The fourth-order valence-electron chi connectivity index (χ4n) is 2.07. The Morgan fingerprint density at radius 1 is 1.37 bits per heavy atom. The molecule has 0 saturated carbocycles. The van der Waals surface area contributed by atoms with Gasteiger partial charge in [-0.3, -0.25) is 4.79 Å². The molecule has 0 radical (unpaired) electrons. The van der Waals surface area contributed by atoms with E-state index in [1.165, 1.54) is 7.05 Å². The number of hydrogen-bond acceptors (Lipinski definition) is 3. The van der Waals surface area contributed by atoms with Gasteiger partial charge in [0.2, 0.25) is 0 Å². The summed E-state index contributed by atoms with van der Waals surface area (Å²) in [6.45, 7) is 1.12. The van der Waals surface area contributed by atoms with Gasteiger partial charge in [-0.25, -0.2) is 8.78 Å². The van der Waals surface area contributed by atoms with Crippen molar-refractivity contribution in [1.82, 2.24) is 5.32 Å². The molecule has 6 heteroatoms. The van der Waals surface area contributed by atoms with Crippen LogP contribution in [0.3, 0.4) is 0 Å². The summed E-state index contributed by atoms with van der Waals surface area (Å²) in [6.07, 6.45) is 1.68. The van der Waals surface area contributed by atoms with Crippen LogP contribution < -0.4 is 10.6 Å². The molecule has 0 aromatic heterocycles. The van der Waals surface area contributed by atoms with Crippen molar-refractivity contribution >= 4 is 11.6 Å². The summed E-state index contributed by atoms with van der Waals surface area (Å²) in [5, 5.41) is 5.12. The van der Waals surface area contributed by atoms with Crippen LogP contribution >= 0.6 is 0 Å². The maximum atomic E-state index is 13.5. The number of carbonyl (C=O) groups excluding carboxylic acids is 1. The van der Waals surface area contributed by atoms with Crippen molar-refractivity contribution in [2.45, 2.75) is 18.9 Å². The summed E-state index contributed by atoms with van der Waals surface area (Å²) < 4.78 is 32.3. The Kier molecular flexibility index (Phi) is 4.31. The summed E-state index contributed by atoms with van der Waals surface area (Å²) in [4.78, 5) is 11.9. The first-order valence-electron chi connectivity index (χ1n) is 6.17. The van der Waals surface area contributed by atoms with Crippen molar-refractivity contribution in [3.8, 4) is 0 Å². The SMILES string of the molecule is CNc1c(F)cc(C(=O)NC2CCCOC2)cc1F. The van der Waals surface area contributed by atoms with Crippen LogP contribution in [0.15, 0.2) is 12.1 Å². The van der Waals surface area contributed by atoms with Crippen LogP contribution in [0.2, 0.25) is 0 Å². The summed E-state index contributed by atoms with van der Waals surface area (Å²) in [5.74, 6) is -2.06. The Labute approximate surface area is 110 Å². The zero-order valence-electron chi connectivity index (χ0n) is 10.6. The minimum Gasteiger partial charge on any atom is -0.383 e. The Bertz CT molecular complexity index is 451. The number of hydrogen-bond donors (Lipinski definition) is 2. The summed E-state index contributed by atoms with van der Waals surface area (Å²) >= 11 is 0. The molecule has 1 heterocycles. The summed E-state index contributed by atoms with van der Waals surface area (Å²) in [6, 6.07) is 1.94. The van der Waals surface area contributed by atoms with Gasteiger partial charge in [0.05, 0.1) is 12.6 Å².